The number of aryl methyl sites for hydroxylation is 2. The van der Waals surface area contributed by atoms with E-state index in [1.165, 1.54) is 0 Å². The van der Waals surface area contributed by atoms with E-state index in [9.17, 15) is 10.1 Å². The molecule has 0 N–H and O–H groups in total. The molecule has 2 aromatic carbocycles. The Morgan fingerprint density at radius 1 is 1.08 bits per heavy atom. The van der Waals surface area contributed by atoms with Gasteiger partial charge in [-0.15, -0.1) is 0 Å². The molecule has 0 saturated heterocycles. The Labute approximate surface area is 153 Å². The van der Waals surface area contributed by atoms with Crippen LogP contribution in [0.5, 0.6) is 5.75 Å². The molecule has 0 amide bonds. The van der Waals surface area contributed by atoms with Gasteiger partial charge in [-0.05, 0) is 49.7 Å². The zero-order valence-corrected chi connectivity index (χ0v) is 15.1. The highest BCUT2D eigenvalue weighted by molar-refractivity contribution is 5.96. The van der Waals surface area contributed by atoms with Crippen LogP contribution in [-0.2, 0) is 6.54 Å². The molecule has 4 nitrogen and oxygen atoms in total. The highest BCUT2D eigenvalue weighted by Crippen LogP contribution is 2.28. The van der Waals surface area contributed by atoms with Crippen LogP contribution in [-0.4, -0.2) is 17.5 Å². The molecule has 3 aromatic rings. The van der Waals surface area contributed by atoms with Crippen LogP contribution in [0.2, 0.25) is 0 Å². The van der Waals surface area contributed by atoms with Gasteiger partial charge in [0.2, 0.25) is 0 Å². The number of hydrogen-bond donors (Lipinski definition) is 0. The predicted octanol–water partition coefficient (Wildman–Crippen LogP) is 4.54. The molecule has 0 aliphatic rings. The summed E-state index contributed by atoms with van der Waals surface area (Å²) in [5, 5.41) is 9.52. The number of carbonyl (C=O) groups is 1. The fourth-order valence-corrected chi connectivity index (χ4v) is 3.00. The van der Waals surface area contributed by atoms with E-state index >= 15 is 0 Å². The Kier molecular flexibility index (Phi) is 4.90. The second kappa shape index (κ2) is 7.28. The maximum atomic E-state index is 12.8. The molecule has 0 aliphatic carbocycles. The standard InChI is InChI=1S/C22H20N2O2/c1-15-4-6-18(7-5-15)22-19(13-23)12-16(2)24(22)14-21(25)17-8-10-20(26-3)11-9-17/h4-12H,14H2,1-3H3. The van der Waals surface area contributed by atoms with Crippen LogP contribution >= 0.6 is 0 Å². The number of rotatable bonds is 5. The SMILES string of the molecule is COc1ccc(C(=O)Cn2c(C)cc(C#N)c2-c2ccc(C)cc2)cc1. The molecule has 0 aliphatic heterocycles. The van der Waals surface area contributed by atoms with Crippen LogP contribution in [0.1, 0.15) is 27.2 Å². The third kappa shape index (κ3) is 3.38. The maximum absolute atomic E-state index is 12.8. The quantitative estimate of drug-likeness (QED) is 0.639. The third-order valence-electron chi connectivity index (χ3n) is 4.46. The summed E-state index contributed by atoms with van der Waals surface area (Å²) in [6, 6.07) is 19.1. The smallest absolute Gasteiger partial charge is 0.182 e. The number of carbonyl (C=O) groups excluding carboxylic acids is 1. The predicted molar refractivity (Wildman–Crippen MR) is 101 cm³/mol. The van der Waals surface area contributed by atoms with Crippen molar-refractivity contribution >= 4 is 5.78 Å². The lowest BCUT2D eigenvalue weighted by molar-refractivity contribution is 0.0972. The molecule has 130 valence electrons. The summed E-state index contributed by atoms with van der Waals surface area (Å²) in [6.07, 6.45) is 0. The van der Waals surface area contributed by atoms with Gasteiger partial charge in [0.15, 0.2) is 5.78 Å². The Hall–Kier alpha value is -3.32. The van der Waals surface area contributed by atoms with Gasteiger partial charge in [-0.3, -0.25) is 4.79 Å². The minimum atomic E-state index is -0.01000. The number of nitriles is 1. The number of aromatic nitrogens is 1. The van der Waals surface area contributed by atoms with Gasteiger partial charge in [0.1, 0.15) is 11.8 Å². The van der Waals surface area contributed by atoms with Gasteiger partial charge in [0.25, 0.3) is 0 Å². The molecule has 1 aromatic heterocycles. The lowest BCUT2D eigenvalue weighted by Crippen LogP contribution is -2.13. The van der Waals surface area contributed by atoms with Crippen molar-refractivity contribution in [2.24, 2.45) is 0 Å². The van der Waals surface area contributed by atoms with Crippen molar-refractivity contribution in [2.45, 2.75) is 20.4 Å². The molecule has 0 spiro atoms. The van der Waals surface area contributed by atoms with Crippen LogP contribution in [0.25, 0.3) is 11.3 Å². The fourth-order valence-electron chi connectivity index (χ4n) is 3.00. The van der Waals surface area contributed by atoms with Crippen LogP contribution < -0.4 is 4.74 Å². The Morgan fingerprint density at radius 3 is 2.31 bits per heavy atom. The number of methoxy groups -OCH3 is 1. The summed E-state index contributed by atoms with van der Waals surface area (Å²) < 4.78 is 7.05. The van der Waals surface area contributed by atoms with Gasteiger partial charge in [-0.25, -0.2) is 0 Å². The van der Waals surface area contributed by atoms with Crippen molar-refractivity contribution < 1.29 is 9.53 Å². The van der Waals surface area contributed by atoms with E-state index in [0.29, 0.717) is 16.9 Å². The van der Waals surface area contributed by atoms with E-state index in [2.05, 4.69) is 6.07 Å². The fraction of sp³-hybridized carbons (Fsp3) is 0.182. The largest absolute Gasteiger partial charge is 0.497 e. The molecule has 0 fully saturated rings. The summed E-state index contributed by atoms with van der Waals surface area (Å²) in [4.78, 5) is 12.8. The first-order valence-corrected chi connectivity index (χ1v) is 8.38. The molecule has 0 radical (unpaired) electrons. The summed E-state index contributed by atoms with van der Waals surface area (Å²) in [5.74, 6) is 0.704. The van der Waals surface area contributed by atoms with Crippen LogP contribution in [0.15, 0.2) is 54.6 Å². The van der Waals surface area contributed by atoms with Crippen LogP contribution in [0.3, 0.4) is 0 Å². The molecule has 0 atom stereocenters. The summed E-state index contributed by atoms with van der Waals surface area (Å²) >= 11 is 0. The highest BCUT2D eigenvalue weighted by atomic mass is 16.5. The van der Waals surface area contributed by atoms with Gasteiger partial charge in [0.05, 0.1) is 24.9 Å². The van der Waals surface area contributed by atoms with Crippen molar-refractivity contribution in [1.82, 2.24) is 4.57 Å². The first-order valence-electron chi connectivity index (χ1n) is 8.38. The number of Topliss-reactive ketones (excluding diaryl/α,β-unsaturated/α-hetero) is 1. The molecular weight excluding hydrogens is 324 g/mol. The van der Waals surface area contributed by atoms with Gasteiger partial charge < -0.3 is 9.30 Å². The highest BCUT2D eigenvalue weighted by Gasteiger charge is 2.17. The third-order valence-corrected chi connectivity index (χ3v) is 4.46. The van der Waals surface area contributed by atoms with E-state index in [1.807, 2.05) is 48.7 Å². The normalized spacial score (nSPS) is 10.4. The van der Waals surface area contributed by atoms with E-state index in [1.54, 1.807) is 31.4 Å². The van der Waals surface area contributed by atoms with Crippen LogP contribution in [0, 0.1) is 25.2 Å². The number of ketones is 1. The summed E-state index contributed by atoms with van der Waals surface area (Å²) in [6.45, 7) is 4.12. The van der Waals surface area contributed by atoms with Crippen molar-refractivity contribution in [3.8, 4) is 23.1 Å². The summed E-state index contributed by atoms with van der Waals surface area (Å²) in [7, 11) is 1.59. The first-order chi connectivity index (χ1) is 12.5. The average molecular weight is 344 g/mol. The Bertz CT molecular complexity index is 975. The number of benzene rings is 2. The van der Waals surface area contributed by atoms with Crippen molar-refractivity contribution in [3.63, 3.8) is 0 Å². The van der Waals surface area contributed by atoms with Crippen molar-refractivity contribution in [3.05, 3.63) is 77.0 Å². The zero-order valence-electron chi connectivity index (χ0n) is 15.1. The second-order valence-electron chi connectivity index (χ2n) is 6.26. The molecule has 0 bridgehead atoms. The van der Waals surface area contributed by atoms with Gasteiger partial charge >= 0.3 is 0 Å². The minimum Gasteiger partial charge on any atom is -0.497 e. The van der Waals surface area contributed by atoms with Gasteiger partial charge in [-0.1, -0.05) is 29.8 Å². The van der Waals surface area contributed by atoms with E-state index in [4.69, 9.17) is 4.74 Å². The van der Waals surface area contributed by atoms with Gasteiger partial charge in [-0.2, -0.15) is 5.26 Å². The number of ether oxygens (including phenoxy) is 1. The molecular formula is C22H20N2O2. The van der Waals surface area contributed by atoms with Gasteiger partial charge in [0, 0.05) is 11.3 Å². The van der Waals surface area contributed by atoms with E-state index in [0.717, 1.165) is 22.5 Å². The van der Waals surface area contributed by atoms with Crippen LogP contribution in [0.4, 0.5) is 0 Å². The summed E-state index contributed by atoms with van der Waals surface area (Å²) in [5.41, 5.74) is 4.95. The molecule has 1 heterocycles. The second-order valence-corrected chi connectivity index (χ2v) is 6.26. The van der Waals surface area contributed by atoms with Crippen molar-refractivity contribution in [2.75, 3.05) is 7.11 Å². The molecule has 0 saturated carbocycles. The number of nitrogens with zero attached hydrogens (tertiary/aromatic N) is 2. The van der Waals surface area contributed by atoms with E-state index < -0.39 is 0 Å². The average Bonchev–Trinajstić information content (AvgIpc) is 2.98. The molecule has 26 heavy (non-hydrogen) atoms. The van der Waals surface area contributed by atoms with Crippen molar-refractivity contribution in [1.29, 1.82) is 5.26 Å². The Morgan fingerprint density at radius 2 is 1.73 bits per heavy atom. The lowest BCUT2D eigenvalue weighted by Gasteiger charge is -2.12. The first kappa shape index (κ1) is 17.5. The topological polar surface area (TPSA) is 55.0 Å². The van der Waals surface area contributed by atoms with E-state index in [-0.39, 0.29) is 12.3 Å². The molecule has 0 unspecified atom stereocenters. The molecule has 3 rings (SSSR count). The maximum Gasteiger partial charge on any atom is 0.182 e. The number of hydrogen-bond acceptors (Lipinski definition) is 3. The lowest BCUT2D eigenvalue weighted by atomic mass is 10.1. The monoisotopic (exact) mass is 344 g/mol. The zero-order chi connectivity index (χ0) is 18.7. The molecule has 4 heteroatoms. The Balaban J connectivity index is 1.99. The minimum absolute atomic E-state index is 0.01000.